The first kappa shape index (κ1) is 11.8. The SMILES string of the molecule is NCC1(c2cc3c4c(c2)CCCN4CCC3)CCC1. The Morgan fingerprint density at radius 2 is 1.63 bits per heavy atom. The molecule has 2 aliphatic heterocycles. The van der Waals surface area contributed by atoms with Gasteiger partial charge in [-0.05, 0) is 55.2 Å². The predicted octanol–water partition coefficient (Wildman–Crippen LogP) is 2.77. The summed E-state index contributed by atoms with van der Waals surface area (Å²) in [6.45, 7) is 3.36. The highest BCUT2D eigenvalue weighted by Crippen LogP contribution is 2.46. The Morgan fingerprint density at radius 3 is 2.11 bits per heavy atom. The summed E-state index contributed by atoms with van der Waals surface area (Å²) in [5, 5.41) is 0. The van der Waals surface area contributed by atoms with Crippen molar-refractivity contribution in [2.24, 2.45) is 5.73 Å². The molecule has 4 rings (SSSR count). The summed E-state index contributed by atoms with van der Waals surface area (Å²) in [6.07, 6.45) is 9.14. The Morgan fingerprint density at radius 1 is 1.00 bits per heavy atom. The highest BCUT2D eigenvalue weighted by Gasteiger charge is 2.38. The van der Waals surface area contributed by atoms with Crippen LogP contribution in [0.3, 0.4) is 0 Å². The van der Waals surface area contributed by atoms with Gasteiger partial charge in [-0.1, -0.05) is 18.6 Å². The second-order valence-corrected chi connectivity index (χ2v) is 6.68. The molecule has 0 aromatic heterocycles. The molecule has 1 aromatic carbocycles. The van der Waals surface area contributed by atoms with E-state index in [0.717, 1.165) is 6.54 Å². The average molecular weight is 256 g/mol. The maximum absolute atomic E-state index is 6.10. The van der Waals surface area contributed by atoms with Gasteiger partial charge in [-0.15, -0.1) is 0 Å². The number of nitrogens with zero attached hydrogens (tertiary/aromatic N) is 1. The highest BCUT2D eigenvalue weighted by atomic mass is 15.1. The summed E-state index contributed by atoms with van der Waals surface area (Å²) in [5.41, 5.74) is 12.8. The molecule has 2 nitrogen and oxygen atoms in total. The standard InChI is InChI=1S/C17H24N2/c18-12-17(6-3-7-17)15-10-13-4-1-8-19-9-2-5-14(11-15)16(13)19/h10-11H,1-9,12,18H2. The lowest BCUT2D eigenvalue weighted by molar-refractivity contribution is 0.252. The van der Waals surface area contributed by atoms with Crippen molar-refractivity contribution in [1.82, 2.24) is 0 Å². The monoisotopic (exact) mass is 256 g/mol. The molecule has 102 valence electrons. The van der Waals surface area contributed by atoms with Gasteiger partial charge in [0.15, 0.2) is 0 Å². The van der Waals surface area contributed by atoms with Gasteiger partial charge in [0.1, 0.15) is 0 Å². The maximum atomic E-state index is 6.10. The zero-order chi connectivity index (χ0) is 12.9. The lowest BCUT2D eigenvalue weighted by Crippen LogP contribution is -2.42. The van der Waals surface area contributed by atoms with E-state index in [4.69, 9.17) is 5.73 Å². The van der Waals surface area contributed by atoms with E-state index in [1.165, 1.54) is 58.0 Å². The van der Waals surface area contributed by atoms with E-state index in [2.05, 4.69) is 17.0 Å². The van der Waals surface area contributed by atoms with Crippen molar-refractivity contribution in [2.45, 2.75) is 50.4 Å². The predicted molar refractivity (Wildman–Crippen MR) is 79.9 cm³/mol. The van der Waals surface area contributed by atoms with Crippen LogP contribution < -0.4 is 10.6 Å². The number of aryl methyl sites for hydroxylation is 2. The minimum atomic E-state index is 0.325. The molecular weight excluding hydrogens is 232 g/mol. The molecule has 1 fully saturated rings. The molecule has 0 saturated heterocycles. The minimum Gasteiger partial charge on any atom is -0.371 e. The summed E-state index contributed by atoms with van der Waals surface area (Å²) in [7, 11) is 0. The summed E-state index contributed by atoms with van der Waals surface area (Å²) in [5.74, 6) is 0. The lowest BCUT2D eigenvalue weighted by atomic mass is 9.63. The van der Waals surface area contributed by atoms with Crippen molar-refractivity contribution in [3.8, 4) is 0 Å². The quantitative estimate of drug-likeness (QED) is 0.881. The fourth-order valence-electron chi connectivity index (χ4n) is 4.32. The fraction of sp³-hybridized carbons (Fsp3) is 0.647. The third kappa shape index (κ3) is 1.66. The molecule has 1 aromatic rings. The second-order valence-electron chi connectivity index (χ2n) is 6.68. The van der Waals surface area contributed by atoms with E-state index < -0.39 is 0 Å². The summed E-state index contributed by atoms with van der Waals surface area (Å²) >= 11 is 0. The van der Waals surface area contributed by atoms with Crippen molar-refractivity contribution in [3.05, 3.63) is 28.8 Å². The first-order chi connectivity index (χ1) is 9.32. The van der Waals surface area contributed by atoms with E-state index >= 15 is 0 Å². The average Bonchev–Trinajstić information content (AvgIpc) is 2.39. The van der Waals surface area contributed by atoms with Gasteiger partial charge in [0.2, 0.25) is 0 Å². The Kier molecular flexibility index (Phi) is 2.63. The first-order valence-electron chi connectivity index (χ1n) is 7.94. The Bertz CT molecular complexity index is 465. The maximum Gasteiger partial charge on any atom is 0.0431 e. The van der Waals surface area contributed by atoms with Gasteiger partial charge in [0.05, 0.1) is 0 Å². The molecule has 3 aliphatic rings. The third-order valence-corrected chi connectivity index (χ3v) is 5.65. The van der Waals surface area contributed by atoms with Crippen LogP contribution >= 0.6 is 0 Å². The van der Waals surface area contributed by atoms with Gasteiger partial charge in [-0.25, -0.2) is 0 Å². The third-order valence-electron chi connectivity index (χ3n) is 5.65. The summed E-state index contributed by atoms with van der Waals surface area (Å²) in [6, 6.07) is 5.00. The van der Waals surface area contributed by atoms with Crippen molar-refractivity contribution in [2.75, 3.05) is 24.5 Å². The molecule has 0 amide bonds. The van der Waals surface area contributed by atoms with E-state index in [-0.39, 0.29) is 0 Å². The molecule has 0 atom stereocenters. The second kappa shape index (κ2) is 4.24. The zero-order valence-electron chi connectivity index (χ0n) is 11.8. The summed E-state index contributed by atoms with van der Waals surface area (Å²) in [4.78, 5) is 2.62. The van der Waals surface area contributed by atoms with Gasteiger partial charge < -0.3 is 10.6 Å². The van der Waals surface area contributed by atoms with Crippen molar-refractivity contribution in [3.63, 3.8) is 0 Å². The van der Waals surface area contributed by atoms with Gasteiger partial charge >= 0.3 is 0 Å². The Labute approximate surface area is 116 Å². The van der Waals surface area contributed by atoms with E-state index in [1.54, 1.807) is 22.4 Å². The number of hydrogen-bond donors (Lipinski definition) is 1. The number of rotatable bonds is 2. The molecule has 0 bridgehead atoms. The normalized spacial score (nSPS) is 23.7. The van der Waals surface area contributed by atoms with E-state index in [0.29, 0.717) is 5.41 Å². The van der Waals surface area contributed by atoms with Crippen LogP contribution in [0.25, 0.3) is 0 Å². The lowest BCUT2D eigenvalue weighted by Gasteiger charge is -2.44. The van der Waals surface area contributed by atoms with E-state index in [1.807, 2.05) is 0 Å². The van der Waals surface area contributed by atoms with Crippen molar-refractivity contribution < 1.29 is 0 Å². The van der Waals surface area contributed by atoms with Gasteiger partial charge in [0, 0.05) is 30.7 Å². The van der Waals surface area contributed by atoms with Crippen LogP contribution in [-0.4, -0.2) is 19.6 Å². The van der Waals surface area contributed by atoms with Crippen LogP contribution in [0.15, 0.2) is 12.1 Å². The number of anilines is 1. The molecule has 2 heteroatoms. The largest absolute Gasteiger partial charge is 0.371 e. The van der Waals surface area contributed by atoms with Crippen LogP contribution in [0.5, 0.6) is 0 Å². The topological polar surface area (TPSA) is 29.3 Å². The number of hydrogen-bond acceptors (Lipinski definition) is 2. The molecule has 0 spiro atoms. The molecule has 19 heavy (non-hydrogen) atoms. The zero-order valence-corrected chi connectivity index (χ0v) is 11.8. The van der Waals surface area contributed by atoms with E-state index in [9.17, 15) is 0 Å². The van der Waals surface area contributed by atoms with Crippen LogP contribution in [0.2, 0.25) is 0 Å². The molecular formula is C17H24N2. The Hall–Kier alpha value is -1.02. The van der Waals surface area contributed by atoms with Crippen LogP contribution in [0, 0.1) is 0 Å². The molecule has 2 heterocycles. The number of benzene rings is 1. The molecule has 0 radical (unpaired) electrons. The van der Waals surface area contributed by atoms with Crippen molar-refractivity contribution >= 4 is 5.69 Å². The highest BCUT2D eigenvalue weighted by molar-refractivity contribution is 5.64. The van der Waals surface area contributed by atoms with Crippen LogP contribution in [0.4, 0.5) is 5.69 Å². The van der Waals surface area contributed by atoms with Gasteiger partial charge in [-0.2, -0.15) is 0 Å². The van der Waals surface area contributed by atoms with Crippen LogP contribution in [0.1, 0.15) is 48.8 Å². The van der Waals surface area contributed by atoms with Crippen LogP contribution in [-0.2, 0) is 18.3 Å². The number of nitrogens with two attached hydrogens (primary N) is 1. The smallest absolute Gasteiger partial charge is 0.0431 e. The molecule has 1 aliphatic carbocycles. The molecule has 0 unspecified atom stereocenters. The Balaban J connectivity index is 1.83. The minimum absolute atomic E-state index is 0.325. The molecule has 1 saturated carbocycles. The first-order valence-corrected chi connectivity index (χ1v) is 7.94. The summed E-state index contributed by atoms with van der Waals surface area (Å²) < 4.78 is 0. The van der Waals surface area contributed by atoms with Gasteiger partial charge in [0.25, 0.3) is 0 Å². The van der Waals surface area contributed by atoms with Crippen molar-refractivity contribution in [1.29, 1.82) is 0 Å². The van der Waals surface area contributed by atoms with Gasteiger partial charge in [-0.3, -0.25) is 0 Å². The molecule has 2 N–H and O–H groups in total. The fourth-order valence-corrected chi connectivity index (χ4v) is 4.32.